The van der Waals surface area contributed by atoms with Crippen molar-refractivity contribution in [1.82, 2.24) is 13.9 Å². The zero-order valence-electron chi connectivity index (χ0n) is 19.1. The minimum atomic E-state index is -3.81. The molecule has 0 atom stereocenters. The molecule has 0 unspecified atom stereocenters. The zero-order chi connectivity index (χ0) is 25.1. The summed E-state index contributed by atoms with van der Waals surface area (Å²) in [5.41, 5.74) is 3.08. The summed E-state index contributed by atoms with van der Waals surface area (Å²) in [6.45, 7) is 1.18. The van der Waals surface area contributed by atoms with E-state index in [-0.39, 0.29) is 34.7 Å². The molecular formula is C25H23ClN4O4S2. The van der Waals surface area contributed by atoms with Crippen molar-refractivity contribution < 1.29 is 17.9 Å². The van der Waals surface area contributed by atoms with Crippen LogP contribution >= 0.6 is 23.4 Å². The highest BCUT2D eigenvalue weighted by atomic mass is 35.5. The number of carbonyl (C=O) groups excluding carboxylic acids is 1. The Labute approximate surface area is 218 Å². The second kappa shape index (κ2) is 10.6. The minimum absolute atomic E-state index is 0.0395. The van der Waals surface area contributed by atoms with Gasteiger partial charge < -0.3 is 10.1 Å². The van der Waals surface area contributed by atoms with Crippen LogP contribution in [0.3, 0.4) is 0 Å². The highest BCUT2D eigenvalue weighted by Gasteiger charge is 2.28. The van der Waals surface area contributed by atoms with E-state index in [9.17, 15) is 13.2 Å². The van der Waals surface area contributed by atoms with Gasteiger partial charge in [0, 0.05) is 24.5 Å². The molecule has 0 bridgehead atoms. The average Bonchev–Trinajstić information content (AvgIpc) is 3.28. The fraction of sp³-hybridized carbons (Fsp3) is 0.200. The van der Waals surface area contributed by atoms with Crippen LogP contribution in [0, 0.1) is 0 Å². The van der Waals surface area contributed by atoms with Crippen LogP contribution in [0.15, 0.2) is 82.8 Å². The summed E-state index contributed by atoms with van der Waals surface area (Å²) in [5, 5.41) is 3.57. The largest absolute Gasteiger partial charge is 0.379 e. The minimum Gasteiger partial charge on any atom is -0.379 e. The predicted molar refractivity (Wildman–Crippen MR) is 141 cm³/mol. The monoisotopic (exact) mass is 542 g/mol. The molecule has 0 saturated carbocycles. The van der Waals surface area contributed by atoms with E-state index in [1.54, 1.807) is 6.07 Å². The molecule has 0 radical (unpaired) electrons. The molecule has 0 spiro atoms. The normalized spacial score (nSPS) is 14.7. The molecule has 1 aromatic heterocycles. The number of hydrogen-bond donors (Lipinski definition) is 1. The number of imidazole rings is 1. The third-order valence-electron chi connectivity index (χ3n) is 5.68. The molecule has 3 aromatic carbocycles. The van der Waals surface area contributed by atoms with E-state index < -0.39 is 10.0 Å². The van der Waals surface area contributed by atoms with E-state index in [0.29, 0.717) is 24.1 Å². The Balaban J connectivity index is 1.34. The van der Waals surface area contributed by atoms with Crippen LogP contribution in [0.25, 0.3) is 16.7 Å². The first-order chi connectivity index (χ1) is 17.4. The van der Waals surface area contributed by atoms with Crippen molar-refractivity contribution in [2.24, 2.45) is 0 Å². The second-order valence-corrected chi connectivity index (χ2v) is 11.3. The van der Waals surface area contributed by atoms with Gasteiger partial charge in [0.2, 0.25) is 15.9 Å². The number of halogens is 1. The number of nitrogens with one attached hydrogen (secondary N) is 1. The average molecular weight is 543 g/mol. The van der Waals surface area contributed by atoms with E-state index >= 15 is 0 Å². The number of benzene rings is 3. The van der Waals surface area contributed by atoms with Crippen molar-refractivity contribution in [3.63, 3.8) is 0 Å². The first kappa shape index (κ1) is 24.8. The fourth-order valence-electron chi connectivity index (χ4n) is 3.96. The van der Waals surface area contributed by atoms with Crippen molar-refractivity contribution in [3.05, 3.63) is 77.8 Å². The van der Waals surface area contributed by atoms with Gasteiger partial charge in [-0.05, 0) is 42.5 Å². The van der Waals surface area contributed by atoms with Gasteiger partial charge in [-0.25, -0.2) is 13.4 Å². The Bertz CT molecular complexity index is 1500. The Hall–Kier alpha value is -2.89. The number of amides is 1. The summed E-state index contributed by atoms with van der Waals surface area (Å²) < 4.78 is 34.8. The van der Waals surface area contributed by atoms with Crippen LogP contribution in [0.2, 0.25) is 5.02 Å². The van der Waals surface area contributed by atoms with Gasteiger partial charge in [0.25, 0.3) is 0 Å². The highest BCUT2D eigenvalue weighted by molar-refractivity contribution is 7.99. The number of ether oxygens (including phenoxy) is 1. The van der Waals surface area contributed by atoms with Gasteiger partial charge in [-0.2, -0.15) is 4.31 Å². The van der Waals surface area contributed by atoms with Crippen molar-refractivity contribution in [2.45, 2.75) is 10.1 Å². The zero-order valence-corrected chi connectivity index (χ0v) is 21.5. The second-order valence-electron chi connectivity index (χ2n) is 8.05. The molecule has 5 rings (SSSR count). The number of hydrogen-bond acceptors (Lipinski definition) is 6. The smallest absolute Gasteiger partial charge is 0.244 e. The van der Waals surface area contributed by atoms with Crippen LogP contribution in [0.5, 0.6) is 0 Å². The summed E-state index contributed by atoms with van der Waals surface area (Å²) in [7, 11) is -3.81. The standard InChI is InChI=1S/C25H23ClN4O4S2/c26-20-11-10-18(16-23(20)36(32,33)29-12-14-34-15-13-29)27-24(31)17-35-25-28-21-8-4-5-9-22(21)30(25)19-6-2-1-3-7-19/h1-11,16H,12-15,17H2,(H,27,31). The maximum Gasteiger partial charge on any atom is 0.244 e. The van der Waals surface area contributed by atoms with E-state index in [1.807, 2.05) is 59.2 Å². The molecular weight excluding hydrogens is 520 g/mol. The molecule has 8 nitrogen and oxygen atoms in total. The molecule has 1 N–H and O–H groups in total. The lowest BCUT2D eigenvalue weighted by Gasteiger charge is -2.26. The predicted octanol–water partition coefficient (Wildman–Crippen LogP) is 4.43. The topological polar surface area (TPSA) is 93.5 Å². The quantitative estimate of drug-likeness (QED) is 0.347. The molecule has 1 fully saturated rings. The number of nitrogens with zero attached hydrogens (tertiary/aromatic N) is 3. The van der Waals surface area contributed by atoms with Crippen molar-refractivity contribution in [1.29, 1.82) is 0 Å². The molecule has 11 heteroatoms. The summed E-state index contributed by atoms with van der Waals surface area (Å²) in [4.78, 5) is 17.5. The Morgan fingerprint density at radius 2 is 1.75 bits per heavy atom. The molecule has 2 heterocycles. The lowest BCUT2D eigenvalue weighted by Crippen LogP contribution is -2.40. The van der Waals surface area contributed by atoms with Crippen LogP contribution in [0.1, 0.15) is 0 Å². The molecule has 36 heavy (non-hydrogen) atoms. The van der Waals surface area contributed by atoms with Crippen LogP contribution in [-0.4, -0.2) is 60.2 Å². The number of anilines is 1. The number of sulfonamides is 1. The van der Waals surface area contributed by atoms with E-state index in [0.717, 1.165) is 16.7 Å². The molecule has 1 amide bonds. The van der Waals surface area contributed by atoms with Gasteiger partial charge in [0.15, 0.2) is 5.16 Å². The van der Waals surface area contributed by atoms with Crippen molar-refractivity contribution in [3.8, 4) is 5.69 Å². The van der Waals surface area contributed by atoms with Crippen LogP contribution in [0.4, 0.5) is 5.69 Å². The molecule has 0 aliphatic carbocycles. The number of morpholine rings is 1. The van der Waals surface area contributed by atoms with Gasteiger partial charge in [-0.1, -0.05) is 53.7 Å². The SMILES string of the molecule is O=C(CSc1nc2ccccc2n1-c1ccccc1)Nc1ccc(Cl)c(S(=O)(=O)N2CCOCC2)c1. The van der Waals surface area contributed by atoms with Gasteiger partial charge in [-0.15, -0.1) is 0 Å². The lowest BCUT2D eigenvalue weighted by molar-refractivity contribution is -0.113. The number of carbonyl (C=O) groups is 1. The van der Waals surface area contributed by atoms with Gasteiger partial charge >= 0.3 is 0 Å². The summed E-state index contributed by atoms with van der Waals surface area (Å²) in [6.07, 6.45) is 0. The molecule has 186 valence electrons. The van der Waals surface area contributed by atoms with Gasteiger partial charge in [-0.3, -0.25) is 9.36 Å². The van der Waals surface area contributed by atoms with Crippen LogP contribution in [-0.2, 0) is 19.6 Å². The number of aromatic nitrogens is 2. The molecule has 1 saturated heterocycles. The Kier molecular flexibility index (Phi) is 7.31. The fourth-order valence-corrected chi connectivity index (χ4v) is 6.70. The van der Waals surface area contributed by atoms with Gasteiger partial charge in [0.1, 0.15) is 4.90 Å². The first-order valence-electron chi connectivity index (χ1n) is 11.3. The number of thioether (sulfide) groups is 1. The maximum atomic E-state index is 13.1. The van der Waals surface area contributed by atoms with E-state index in [1.165, 1.54) is 28.2 Å². The van der Waals surface area contributed by atoms with Crippen LogP contribution < -0.4 is 5.32 Å². The van der Waals surface area contributed by atoms with E-state index in [2.05, 4.69) is 5.32 Å². The Morgan fingerprint density at radius 1 is 1.03 bits per heavy atom. The lowest BCUT2D eigenvalue weighted by atomic mass is 10.3. The molecule has 1 aliphatic heterocycles. The third kappa shape index (κ3) is 5.14. The summed E-state index contributed by atoms with van der Waals surface area (Å²) in [6, 6.07) is 22.1. The highest BCUT2D eigenvalue weighted by Crippen LogP contribution is 2.30. The summed E-state index contributed by atoms with van der Waals surface area (Å²) in [5.74, 6) is -0.201. The number of para-hydroxylation sites is 3. The Morgan fingerprint density at radius 3 is 2.53 bits per heavy atom. The number of rotatable bonds is 7. The first-order valence-corrected chi connectivity index (χ1v) is 14.1. The third-order valence-corrected chi connectivity index (χ3v) is 9.00. The number of fused-ring (bicyclic) bond motifs is 1. The molecule has 4 aromatic rings. The summed E-state index contributed by atoms with van der Waals surface area (Å²) >= 11 is 7.53. The van der Waals surface area contributed by atoms with Gasteiger partial charge in [0.05, 0.1) is 35.0 Å². The maximum absolute atomic E-state index is 13.1. The van der Waals surface area contributed by atoms with Crippen molar-refractivity contribution >= 4 is 56.0 Å². The molecule has 1 aliphatic rings. The van der Waals surface area contributed by atoms with E-state index in [4.69, 9.17) is 21.3 Å². The van der Waals surface area contributed by atoms with Crippen molar-refractivity contribution in [2.75, 3.05) is 37.4 Å².